The standard InChI is InChI=1S/C19H16N4O2S2/c1-11(16-21-22-17(25-16)15-7-4-10-26-15)27-19-20-14-6-3-2-5-13(14)18(24)23(19)12-8-9-12/h2-7,10-12H,8-9H2,1H3. The lowest BCUT2D eigenvalue weighted by atomic mass is 10.2. The van der Waals surface area contributed by atoms with Crippen LogP contribution in [0.15, 0.2) is 56.1 Å². The van der Waals surface area contributed by atoms with Gasteiger partial charge in [-0.15, -0.1) is 21.5 Å². The highest BCUT2D eigenvalue weighted by molar-refractivity contribution is 7.99. The van der Waals surface area contributed by atoms with Crippen molar-refractivity contribution in [3.8, 4) is 10.8 Å². The smallest absolute Gasteiger partial charge is 0.262 e. The lowest BCUT2D eigenvalue weighted by Crippen LogP contribution is -2.22. The summed E-state index contributed by atoms with van der Waals surface area (Å²) in [6.45, 7) is 2.00. The van der Waals surface area contributed by atoms with Crippen LogP contribution < -0.4 is 5.56 Å². The molecule has 3 aromatic heterocycles. The number of nitrogens with zero attached hydrogens (tertiary/aromatic N) is 4. The maximum Gasteiger partial charge on any atom is 0.262 e. The third-order valence-corrected chi connectivity index (χ3v) is 6.40. The molecule has 27 heavy (non-hydrogen) atoms. The van der Waals surface area contributed by atoms with Gasteiger partial charge in [-0.3, -0.25) is 9.36 Å². The SMILES string of the molecule is CC(Sc1nc2ccccc2c(=O)n1C1CC1)c1nnc(-c2cccs2)o1. The fourth-order valence-electron chi connectivity index (χ4n) is 2.97. The Balaban J connectivity index is 1.51. The molecule has 1 aromatic carbocycles. The van der Waals surface area contributed by atoms with E-state index in [1.165, 1.54) is 11.8 Å². The molecule has 1 aliphatic carbocycles. The van der Waals surface area contributed by atoms with E-state index in [-0.39, 0.29) is 16.9 Å². The van der Waals surface area contributed by atoms with E-state index >= 15 is 0 Å². The van der Waals surface area contributed by atoms with Crippen molar-refractivity contribution in [1.82, 2.24) is 19.7 Å². The van der Waals surface area contributed by atoms with Gasteiger partial charge < -0.3 is 4.42 Å². The molecule has 1 aliphatic rings. The fourth-order valence-corrected chi connectivity index (χ4v) is 4.62. The molecular formula is C19H16N4O2S2. The summed E-state index contributed by atoms with van der Waals surface area (Å²) in [5.74, 6) is 1.06. The second kappa shape index (κ2) is 6.61. The lowest BCUT2D eigenvalue weighted by Gasteiger charge is -2.14. The molecule has 1 saturated carbocycles. The van der Waals surface area contributed by atoms with Crippen molar-refractivity contribution in [2.45, 2.75) is 36.2 Å². The van der Waals surface area contributed by atoms with E-state index in [0.717, 1.165) is 23.2 Å². The van der Waals surface area contributed by atoms with Gasteiger partial charge in [-0.2, -0.15) is 0 Å². The third kappa shape index (κ3) is 3.08. The second-order valence-corrected chi connectivity index (χ2v) is 8.76. The third-order valence-electron chi connectivity index (χ3n) is 4.49. The molecule has 8 heteroatoms. The van der Waals surface area contributed by atoms with Gasteiger partial charge in [0.25, 0.3) is 11.4 Å². The van der Waals surface area contributed by atoms with E-state index in [9.17, 15) is 4.79 Å². The quantitative estimate of drug-likeness (QED) is 0.360. The van der Waals surface area contributed by atoms with Crippen molar-refractivity contribution < 1.29 is 4.42 Å². The molecule has 1 unspecified atom stereocenters. The van der Waals surface area contributed by atoms with E-state index in [1.54, 1.807) is 11.3 Å². The van der Waals surface area contributed by atoms with Crippen LogP contribution in [0.3, 0.4) is 0 Å². The average Bonchev–Trinajstić information content (AvgIpc) is 3.16. The summed E-state index contributed by atoms with van der Waals surface area (Å²) in [5, 5.41) is 11.6. The molecule has 0 aliphatic heterocycles. The molecule has 3 heterocycles. The Labute approximate surface area is 163 Å². The van der Waals surface area contributed by atoms with Crippen molar-refractivity contribution in [1.29, 1.82) is 0 Å². The van der Waals surface area contributed by atoms with Crippen LogP contribution in [0.5, 0.6) is 0 Å². The van der Waals surface area contributed by atoms with Gasteiger partial charge in [0.05, 0.1) is 21.0 Å². The van der Waals surface area contributed by atoms with Crippen molar-refractivity contribution in [2.75, 3.05) is 0 Å². The second-order valence-electron chi connectivity index (χ2n) is 6.50. The molecular weight excluding hydrogens is 380 g/mol. The summed E-state index contributed by atoms with van der Waals surface area (Å²) in [6.07, 6.45) is 2.04. The molecule has 0 radical (unpaired) electrons. The van der Waals surface area contributed by atoms with Gasteiger partial charge in [-0.05, 0) is 43.3 Å². The first-order valence-corrected chi connectivity index (χ1v) is 10.5. The Hall–Kier alpha value is -2.45. The van der Waals surface area contributed by atoms with Gasteiger partial charge in [0.2, 0.25) is 5.89 Å². The van der Waals surface area contributed by atoms with Gasteiger partial charge in [-0.25, -0.2) is 4.98 Å². The first kappa shape index (κ1) is 16.7. The molecule has 136 valence electrons. The molecule has 4 aromatic rings. The molecule has 0 spiro atoms. The molecule has 0 saturated heterocycles. The van der Waals surface area contributed by atoms with Gasteiger partial charge in [0.15, 0.2) is 5.16 Å². The van der Waals surface area contributed by atoms with Gasteiger partial charge in [0, 0.05) is 6.04 Å². The zero-order chi connectivity index (χ0) is 18.4. The maximum absolute atomic E-state index is 13.0. The highest BCUT2D eigenvalue weighted by Gasteiger charge is 2.30. The van der Waals surface area contributed by atoms with Crippen LogP contribution in [0, 0.1) is 0 Å². The van der Waals surface area contributed by atoms with Crippen LogP contribution >= 0.6 is 23.1 Å². The zero-order valence-corrected chi connectivity index (χ0v) is 16.2. The number of rotatable bonds is 5. The van der Waals surface area contributed by atoms with Gasteiger partial charge >= 0.3 is 0 Å². The monoisotopic (exact) mass is 396 g/mol. The zero-order valence-electron chi connectivity index (χ0n) is 14.5. The summed E-state index contributed by atoms with van der Waals surface area (Å²) in [4.78, 5) is 18.7. The van der Waals surface area contributed by atoms with Gasteiger partial charge in [0.1, 0.15) is 0 Å². The maximum atomic E-state index is 13.0. The molecule has 5 rings (SSSR count). The van der Waals surface area contributed by atoms with Crippen LogP contribution in [0.1, 0.15) is 36.9 Å². The molecule has 0 bridgehead atoms. The molecule has 0 N–H and O–H groups in total. The van der Waals surface area contributed by atoms with Crippen LogP contribution in [0.25, 0.3) is 21.7 Å². The lowest BCUT2D eigenvalue weighted by molar-refractivity contribution is 0.509. The molecule has 6 nitrogen and oxygen atoms in total. The number of fused-ring (bicyclic) bond motifs is 1. The summed E-state index contributed by atoms with van der Waals surface area (Å²) in [6, 6.07) is 11.7. The van der Waals surface area contributed by atoms with E-state index in [2.05, 4.69) is 10.2 Å². The Morgan fingerprint density at radius 1 is 1.22 bits per heavy atom. The Kier molecular flexibility index (Phi) is 4.09. The van der Waals surface area contributed by atoms with Crippen molar-refractivity contribution >= 4 is 34.0 Å². The predicted octanol–water partition coefficient (Wildman–Crippen LogP) is 4.70. The van der Waals surface area contributed by atoms with E-state index in [0.29, 0.717) is 22.3 Å². The predicted molar refractivity (Wildman–Crippen MR) is 106 cm³/mol. The Bertz CT molecular complexity index is 1160. The van der Waals surface area contributed by atoms with Crippen LogP contribution in [-0.4, -0.2) is 19.7 Å². The van der Waals surface area contributed by atoms with E-state index < -0.39 is 0 Å². The highest BCUT2D eigenvalue weighted by Crippen LogP contribution is 2.40. The minimum Gasteiger partial charge on any atom is -0.419 e. The van der Waals surface area contributed by atoms with E-state index in [4.69, 9.17) is 9.40 Å². The summed E-state index contributed by atoms with van der Waals surface area (Å²) < 4.78 is 7.68. The summed E-state index contributed by atoms with van der Waals surface area (Å²) >= 11 is 3.05. The topological polar surface area (TPSA) is 73.8 Å². The van der Waals surface area contributed by atoms with Crippen molar-refractivity contribution in [3.05, 3.63) is 58.0 Å². The fraction of sp³-hybridized carbons (Fsp3) is 0.263. The number of aromatic nitrogens is 4. The molecule has 1 fully saturated rings. The van der Waals surface area contributed by atoms with Crippen molar-refractivity contribution in [2.24, 2.45) is 0 Å². The average molecular weight is 396 g/mol. The molecule has 0 amide bonds. The summed E-state index contributed by atoms with van der Waals surface area (Å²) in [5.41, 5.74) is 0.751. The first-order chi connectivity index (χ1) is 13.2. The minimum absolute atomic E-state index is 0.0302. The normalized spacial score (nSPS) is 15.3. The largest absolute Gasteiger partial charge is 0.419 e. The Morgan fingerprint density at radius 2 is 2.07 bits per heavy atom. The number of benzene rings is 1. The number of hydrogen-bond donors (Lipinski definition) is 0. The minimum atomic E-state index is -0.107. The van der Waals surface area contributed by atoms with Gasteiger partial charge in [-0.1, -0.05) is 30.0 Å². The van der Waals surface area contributed by atoms with Crippen LogP contribution in [0.4, 0.5) is 0 Å². The molecule has 1 atom stereocenters. The highest BCUT2D eigenvalue weighted by atomic mass is 32.2. The van der Waals surface area contributed by atoms with Crippen molar-refractivity contribution in [3.63, 3.8) is 0 Å². The number of para-hydroxylation sites is 1. The number of hydrogen-bond acceptors (Lipinski definition) is 7. The van der Waals surface area contributed by atoms with Crippen LogP contribution in [0.2, 0.25) is 0 Å². The number of thioether (sulfide) groups is 1. The first-order valence-electron chi connectivity index (χ1n) is 8.76. The Morgan fingerprint density at radius 3 is 2.85 bits per heavy atom. The van der Waals surface area contributed by atoms with Crippen LogP contribution in [-0.2, 0) is 0 Å². The number of thiophene rings is 1. The summed E-state index contributed by atoms with van der Waals surface area (Å²) in [7, 11) is 0. The van der Waals surface area contributed by atoms with E-state index in [1.807, 2.05) is 53.3 Å².